The minimum Gasteiger partial charge on any atom is -0.352 e. The Morgan fingerprint density at radius 3 is 2.88 bits per heavy atom. The molecule has 0 aromatic carbocycles. The van der Waals surface area contributed by atoms with Gasteiger partial charge in [0.15, 0.2) is 0 Å². The van der Waals surface area contributed by atoms with Crippen molar-refractivity contribution in [1.29, 1.82) is 0 Å². The Morgan fingerprint density at radius 2 is 2.17 bits per heavy atom. The normalized spacial score (nSPS) is 11.3. The second-order valence-electron chi connectivity index (χ2n) is 6.19. The van der Waals surface area contributed by atoms with E-state index >= 15 is 0 Å². The number of hydrogen-bond donors (Lipinski definition) is 2. The van der Waals surface area contributed by atoms with E-state index in [9.17, 15) is 9.59 Å². The average molecular weight is 326 g/mol. The molecule has 0 bridgehead atoms. The summed E-state index contributed by atoms with van der Waals surface area (Å²) in [4.78, 5) is 29.6. The molecule has 24 heavy (non-hydrogen) atoms. The number of anilines is 1. The zero-order valence-electron chi connectivity index (χ0n) is 13.9. The van der Waals surface area contributed by atoms with E-state index < -0.39 is 0 Å². The van der Waals surface area contributed by atoms with Gasteiger partial charge in [-0.05, 0) is 24.1 Å². The van der Waals surface area contributed by atoms with Crippen molar-refractivity contribution in [2.45, 2.75) is 13.8 Å². The monoisotopic (exact) mass is 326 g/mol. The lowest BCUT2D eigenvalue weighted by Gasteiger charge is -2.10. The molecule has 3 aromatic rings. The number of nitrogens with one attached hydrogen (secondary N) is 1. The molecule has 0 atom stereocenters. The molecule has 3 heterocycles. The number of aryl methyl sites for hydroxylation is 1. The van der Waals surface area contributed by atoms with Gasteiger partial charge in [0, 0.05) is 12.7 Å². The van der Waals surface area contributed by atoms with Crippen LogP contribution in [0.2, 0.25) is 0 Å². The molecule has 7 heteroatoms. The summed E-state index contributed by atoms with van der Waals surface area (Å²) in [5.74, 6) is 0.299. The highest BCUT2D eigenvalue weighted by atomic mass is 16.1. The van der Waals surface area contributed by atoms with Crippen LogP contribution in [0.4, 0.5) is 5.82 Å². The van der Waals surface area contributed by atoms with Crippen LogP contribution in [0, 0.1) is 5.92 Å². The van der Waals surface area contributed by atoms with Crippen molar-refractivity contribution in [3.05, 3.63) is 46.4 Å². The number of aromatic nitrogens is 3. The molecule has 1 amide bonds. The molecule has 3 rings (SSSR count). The number of hydrogen-bond acceptors (Lipinski definition) is 4. The fraction of sp³-hybridized carbons (Fsp3) is 0.294. The first-order valence-electron chi connectivity index (χ1n) is 7.78. The van der Waals surface area contributed by atoms with Gasteiger partial charge in [-0.25, -0.2) is 4.57 Å². The Balaban J connectivity index is 2.25. The summed E-state index contributed by atoms with van der Waals surface area (Å²) >= 11 is 0. The highest BCUT2D eigenvalue weighted by molar-refractivity contribution is 6.00. The van der Waals surface area contributed by atoms with E-state index in [0.717, 1.165) is 0 Å². The number of nitrogens with zero attached hydrogens (tertiary/aromatic N) is 3. The molecule has 124 valence electrons. The van der Waals surface area contributed by atoms with Crippen molar-refractivity contribution in [3.8, 4) is 0 Å². The zero-order valence-corrected chi connectivity index (χ0v) is 13.9. The van der Waals surface area contributed by atoms with Crippen molar-refractivity contribution < 1.29 is 9.36 Å². The minimum atomic E-state index is -0.295. The summed E-state index contributed by atoms with van der Waals surface area (Å²) in [6.45, 7) is 4.55. The number of carbonyl (C=O) groups excluding carboxylic acids is 1. The van der Waals surface area contributed by atoms with Gasteiger partial charge in [-0.2, -0.15) is 0 Å². The Morgan fingerprint density at radius 1 is 1.42 bits per heavy atom. The van der Waals surface area contributed by atoms with Gasteiger partial charge >= 0.3 is 0 Å². The van der Waals surface area contributed by atoms with Gasteiger partial charge in [-0.15, -0.1) is 0 Å². The number of carbonyl (C=O) groups is 1. The van der Waals surface area contributed by atoms with Gasteiger partial charge in [0.25, 0.3) is 17.1 Å². The number of nitrogen functional groups attached to an aromatic ring is 1. The Bertz CT molecular complexity index is 1010. The van der Waals surface area contributed by atoms with E-state index in [2.05, 4.69) is 10.3 Å². The third-order valence-corrected chi connectivity index (χ3v) is 3.91. The van der Waals surface area contributed by atoms with Crippen LogP contribution in [-0.4, -0.2) is 21.8 Å². The largest absolute Gasteiger partial charge is 0.352 e. The van der Waals surface area contributed by atoms with Crippen LogP contribution in [0.25, 0.3) is 16.7 Å². The first-order chi connectivity index (χ1) is 11.4. The lowest BCUT2D eigenvalue weighted by molar-refractivity contribution is -0.632. The van der Waals surface area contributed by atoms with Crippen LogP contribution in [0.1, 0.15) is 24.2 Å². The molecule has 0 aliphatic rings. The third-order valence-electron chi connectivity index (χ3n) is 3.91. The maximum atomic E-state index is 12.7. The maximum absolute atomic E-state index is 12.7. The Labute approximate surface area is 138 Å². The molecule has 0 fully saturated rings. The van der Waals surface area contributed by atoms with Gasteiger partial charge in [0.2, 0.25) is 11.5 Å². The molecule has 0 radical (unpaired) electrons. The Hall–Kier alpha value is -2.96. The fourth-order valence-electron chi connectivity index (χ4n) is 2.56. The van der Waals surface area contributed by atoms with Crippen molar-refractivity contribution in [2.24, 2.45) is 13.0 Å². The number of fused-ring (bicyclic) bond motifs is 2. The third kappa shape index (κ3) is 2.58. The molecular formula is C17H20N5O2+. The quantitative estimate of drug-likeness (QED) is 0.546. The van der Waals surface area contributed by atoms with E-state index in [1.807, 2.05) is 19.9 Å². The highest BCUT2D eigenvalue weighted by Crippen LogP contribution is 2.13. The van der Waals surface area contributed by atoms with Gasteiger partial charge in [-0.1, -0.05) is 24.9 Å². The second-order valence-corrected chi connectivity index (χ2v) is 6.19. The molecule has 3 aromatic heterocycles. The van der Waals surface area contributed by atoms with Crippen LogP contribution >= 0.6 is 0 Å². The van der Waals surface area contributed by atoms with E-state index in [1.54, 1.807) is 29.9 Å². The first kappa shape index (κ1) is 15.9. The summed E-state index contributed by atoms with van der Waals surface area (Å²) in [7, 11) is 1.70. The lowest BCUT2D eigenvalue weighted by Crippen LogP contribution is -2.39. The molecule has 0 unspecified atom stereocenters. The van der Waals surface area contributed by atoms with Crippen molar-refractivity contribution in [1.82, 2.24) is 14.7 Å². The maximum Gasteiger partial charge on any atom is 0.278 e. The van der Waals surface area contributed by atoms with Crippen molar-refractivity contribution >= 4 is 28.4 Å². The van der Waals surface area contributed by atoms with E-state index in [0.29, 0.717) is 29.1 Å². The van der Waals surface area contributed by atoms with Crippen LogP contribution in [0.3, 0.4) is 0 Å². The summed E-state index contributed by atoms with van der Waals surface area (Å²) in [6, 6.07) is 6.84. The van der Waals surface area contributed by atoms with Gasteiger partial charge in [-0.3, -0.25) is 14.0 Å². The molecule has 0 spiro atoms. The molecule has 0 aliphatic heterocycles. The molecular weight excluding hydrogens is 306 g/mol. The molecule has 0 saturated heterocycles. The van der Waals surface area contributed by atoms with E-state index in [-0.39, 0.29) is 22.8 Å². The first-order valence-corrected chi connectivity index (χ1v) is 7.78. The van der Waals surface area contributed by atoms with Gasteiger partial charge < -0.3 is 11.1 Å². The summed E-state index contributed by atoms with van der Waals surface area (Å²) in [5.41, 5.74) is 7.13. The van der Waals surface area contributed by atoms with E-state index in [1.165, 1.54) is 10.5 Å². The predicted octanol–water partition coefficient (Wildman–Crippen LogP) is 0.640. The highest BCUT2D eigenvalue weighted by Gasteiger charge is 2.22. The predicted molar refractivity (Wildman–Crippen MR) is 91.7 cm³/mol. The van der Waals surface area contributed by atoms with Crippen LogP contribution < -0.4 is 21.2 Å². The number of pyridine rings is 2. The average Bonchev–Trinajstić information content (AvgIpc) is 2.56. The minimum absolute atomic E-state index is 0.232. The molecule has 7 nitrogen and oxygen atoms in total. The van der Waals surface area contributed by atoms with Gasteiger partial charge in [0.05, 0.1) is 7.05 Å². The number of amides is 1. The fourth-order valence-corrected chi connectivity index (χ4v) is 2.56. The van der Waals surface area contributed by atoms with Crippen molar-refractivity contribution in [2.75, 3.05) is 12.3 Å². The second kappa shape index (κ2) is 5.92. The summed E-state index contributed by atoms with van der Waals surface area (Å²) < 4.78 is 3.03. The summed E-state index contributed by atoms with van der Waals surface area (Å²) in [6.07, 6.45) is 1.65. The number of rotatable bonds is 3. The number of nitrogens with two attached hydrogens (primary N) is 1. The topological polar surface area (TPSA) is 93.4 Å². The smallest absolute Gasteiger partial charge is 0.278 e. The standard InChI is InChI=1S/C17H19N5O2/c1-10(2)9-19-16(23)11-8-12-15(21(3)14(11)18)20-13-6-4-5-7-22(13)17(12)24/h4-8,10,18H,9H2,1-3H3,(H,19,23)/p+1. The van der Waals surface area contributed by atoms with Crippen molar-refractivity contribution in [3.63, 3.8) is 0 Å². The SMILES string of the molecule is CC(C)CNC(=O)c1cc2c(=O)n3ccccc3nc2[n+](C)c1N. The molecule has 3 N–H and O–H groups in total. The van der Waals surface area contributed by atoms with Gasteiger partial charge in [0.1, 0.15) is 10.9 Å². The zero-order chi connectivity index (χ0) is 17.4. The molecule has 0 saturated carbocycles. The van der Waals surface area contributed by atoms with Crippen LogP contribution in [0.15, 0.2) is 35.3 Å². The Kier molecular flexibility index (Phi) is 3.92. The lowest BCUT2D eigenvalue weighted by atomic mass is 10.1. The molecule has 0 aliphatic carbocycles. The van der Waals surface area contributed by atoms with E-state index in [4.69, 9.17) is 5.73 Å². The summed E-state index contributed by atoms with van der Waals surface area (Å²) in [5, 5.41) is 3.18. The van der Waals surface area contributed by atoms with Crippen LogP contribution in [0.5, 0.6) is 0 Å². The van der Waals surface area contributed by atoms with Crippen LogP contribution in [-0.2, 0) is 7.05 Å².